The van der Waals surface area contributed by atoms with Gasteiger partial charge in [-0.3, -0.25) is 0 Å². The summed E-state index contributed by atoms with van der Waals surface area (Å²) in [5, 5.41) is 0. The van der Waals surface area contributed by atoms with Gasteiger partial charge < -0.3 is 14.2 Å². The minimum Gasteiger partial charge on any atom is -0.463 e. The Hall–Kier alpha value is -1.81. The van der Waals surface area contributed by atoms with Gasteiger partial charge in [0, 0.05) is 5.69 Å². The summed E-state index contributed by atoms with van der Waals surface area (Å²) in [4.78, 5) is 3.85. The average molecular weight is 261 g/mol. The van der Waals surface area contributed by atoms with E-state index in [0.717, 1.165) is 44.2 Å². The lowest BCUT2D eigenvalue weighted by Gasteiger charge is -2.33. The molecule has 3 nitrogen and oxygen atoms in total. The number of anilines is 1. The van der Waals surface area contributed by atoms with Crippen LogP contribution in [-0.2, 0) is 6.54 Å². The van der Waals surface area contributed by atoms with Gasteiger partial charge in [0.15, 0.2) is 5.76 Å². The van der Waals surface area contributed by atoms with E-state index < -0.39 is 0 Å². The first-order valence-corrected chi connectivity index (χ1v) is 6.68. The summed E-state index contributed by atoms with van der Waals surface area (Å²) in [5.41, 5.74) is 1.11. The molecule has 4 heteroatoms. The Labute approximate surface area is 112 Å². The third kappa shape index (κ3) is 2.96. The fraction of sp³-hybridized carbons (Fsp3) is 0.333. The van der Waals surface area contributed by atoms with Gasteiger partial charge in [0.25, 0.3) is 0 Å². The topological polar surface area (TPSA) is 20.8 Å². The van der Waals surface area contributed by atoms with Crippen molar-refractivity contribution in [1.82, 2.24) is 0 Å². The van der Waals surface area contributed by atoms with Crippen LogP contribution >= 0.6 is 0 Å². The molecule has 2 aromatic rings. The molecule has 3 rings (SSSR count). The lowest BCUT2D eigenvalue weighted by atomic mass is 10.2. The van der Waals surface area contributed by atoms with Crippen LogP contribution in [0.15, 0.2) is 47.1 Å². The number of hydrogen-bond acceptors (Lipinski definition) is 2. The summed E-state index contributed by atoms with van der Waals surface area (Å²) in [6.45, 7) is 5.11. The summed E-state index contributed by atoms with van der Waals surface area (Å²) in [6, 6.07) is 10.7. The fourth-order valence-corrected chi connectivity index (χ4v) is 2.57. The van der Waals surface area contributed by atoms with Gasteiger partial charge in [-0.15, -0.1) is 0 Å². The highest BCUT2D eigenvalue weighted by atomic mass is 19.1. The van der Waals surface area contributed by atoms with Crippen LogP contribution in [0.4, 0.5) is 10.1 Å². The van der Waals surface area contributed by atoms with E-state index in [1.807, 2.05) is 24.3 Å². The smallest absolute Gasteiger partial charge is 0.157 e. The maximum Gasteiger partial charge on any atom is 0.157 e. The molecular weight excluding hydrogens is 243 g/mol. The van der Waals surface area contributed by atoms with Crippen LogP contribution in [-0.4, -0.2) is 26.2 Å². The number of benzene rings is 1. The van der Waals surface area contributed by atoms with Gasteiger partial charge in [-0.25, -0.2) is 4.39 Å². The first kappa shape index (κ1) is 12.2. The molecule has 0 unspecified atom stereocenters. The molecule has 19 heavy (non-hydrogen) atoms. The monoisotopic (exact) mass is 261 g/mol. The number of quaternary nitrogens is 1. The Morgan fingerprint density at radius 2 is 1.84 bits per heavy atom. The minimum absolute atomic E-state index is 0.175. The van der Waals surface area contributed by atoms with Gasteiger partial charge in [-0.05, 0) is 36.4 Å². The van der Waals surface area contributed by atoms with Crippen LogP contribution in [0.3, 0.4) is 0 Å². The minimum atomic E-state index is -0.175. The van der Waals surface area contributed by atoms with E-state index in [-0.39, 0.29) is 5.82 Å². The van der Waals surface area contributed by atoms with Gasteiger partial charge >= 0.3 is 0 Å². The largest absolute Gasteiger partial charge is 0.463 e. The Morgan fingerprint density at radius 3 is 2.47 bits per heavy atom. The second-order valence-corrected chi connectivity index (χ2v) is 4.97. The summed E-state index contributed by atoms with van der Waals surface area (Å²) >= 11 is 0. The molecule has 1 aromatic heterocycles. The molecule has 1 fully saturated rings. The van der Waals surface area contributed by atoms with Gasteiger partial charge in [0.1, 0.15) is 12.4 Å². The Balaban J connectivity index is 1.56. The van der Waals surface area contributed by atoms with E-state index in [9.17, 15) is 4.39 Å². The van der Waals surface area contributed by atoms with E-state index in [2.05, 4.69) is 4.90 Å². The Kier molecular flexibility index (Phi) is 3.51. The van der Waals surface area contributed by atoms with E-state index in [1.165, 1.54) is 17.0 Å². The summed E-state index contributed by atoms with van der Waals surface area (Å²) in [5.74, 6) is 0.871. The standard InChI is InChI=1S/C15H17FN2O/c16-13-3-5-14(6-4-13)18-9-7-17(8-10-18)12-15-2-1-11-19-15/h1-6,11H,7-10,12H2/p+1. The van der Waals surface area contributed by atoms with E-state index >= 15 is 0 Å². The molecule has 1 saturated heterocycles. The van der Waals surface area contributed by atoms with Crippen LogP contribution < -0.4 is 9.80 Å². The van der Waals surface area contributed by atoms with Crippen molar-refractivity contribution >= 4 is 5.69 Å². The maximum atomic E-state index is 12.9. The zero-order valence-corrected chi connectivity index (χ0v) is 10.8. The van der Waals surface area contributed by atoms with Crippen molar-refractivity contribution in [2.45, 2.75) is 6.54 Å². The highest BCUT2D eigenvalue weighted by Gasteiger charge is 2.20. The van der Waals surface area contributed by atoms with Crippen molar-refractivity contribution in [2.24, 2.45) is 0 Å². The lowest BCUT2D eigenvalue weighted by Crippen LogP contribution is -3.13. The van der Waals surface area contributed by atoms with Gasteiger partial charge in [0.2, 0.25) is 0 Å². The van der Waals surface area contributed by atoms with Crippen LogP contribution in [0.1, 0.15) is 5.76 Å². The average Bonchev–Trinajstić information content (AvgIpc) is 2.94. The second kappa shape index (κ2) is 5.45. The van der Waals surface area contributed by atoms with Crippen LogP contribution in [0.2, 0.25) is 0 Å². The van der Waals surface area contributed by atoms with E-state index in [0.29, 0.717) is 0 Å². The van der Waals surface area contributed by atoms with E-state index in [4.69, 9.17) is 4.42 Å². The maximum absolute atomic E-state index is 12.9. The van der Waals surface area contributed by atoms with Crippen molar-refractivity contribution in [3.05, 3.63) is 54.2 Å². The molecule has 0 aliphatic carbocycles. The number of furan rings is 1. The summed E-state index contributed by atoms with van der Waals surface area (Å²) < 4.78 is 18.3. The van der Waals surface area contributed by atoms with Crippen molar-refractivity contribution < 1.29 is 13.7 Å². The molecule has 0 radical (unpaired) electrons. The van der Waals surface area contributed by atoms with Crippen LogP contribution in [0.25, 0.3) is 0 Å². The normalized spacial score (nSPS) is 16.8. The predicted octanol–water partition coefficient (Wildman–Crippen LogP) is 1.32. The van der Waals surface area contributed by atoms with Crippen molar-refractivity contribution in [3.8, 4) is 0 Å². The zero-order chi connectivity index (χ0) is 13.1. The summed E-state index contributed by atoms with van der Waals surface area (Å²) in [6.07, 6.45) is 1.73. The highest BCUT2D eigenvalue weighted by Crippen LogP contribution is 2.14. The molecule has 1 N–H and O–H groups in total. The first-order valence-electron chi connectivity index (χ1n) is 6.68. The molecule has 1 aliphatic heterocycles. The molecular formula is C15H18FN2O+. The van der Waals surface area contributed by atoms with E-state index in [1.54, 1.807) is 6.26 Å². The number of nitrogens with zero attached hydrogens (tertiary/aromatic N) is 1. The van der Waals surface area contributed by atoms with Gasteiger partial charge in [0.05, 0.1) is 32.4 Å². The molecule has 0 bridgehead atoms. The quantitative estimate of drug-likeness (QED) is 0.899. The molecule has 0 saturated carbocycles. The highest BCUT2D eigenvalue weighted by molar-refractivity contribution is 5.46. The van der Waals surface area contributed by atoms with Crippen LogP contribution in [0, 0.1) is 5.82 Å². The zero-order valence-electron chi connectivity index (χ0n) is 10.8. The molecule has 0 spiro atoms. The Morgan fingerprint density at radius 1 is 1.11 bits per heavy atom. The number of piperazine rings is 1. The van der Waals surface area contributed by atoms with Gasteiger partial charge in [-0.1, -0.05) is 0 Å². The van der Waals surface area contributed by atoms with Gasteiger partial charge in [-0.2, -0.15) is 0 Å². The third-order valence-electron chi connectivity index (χ3n) is 3.67. The molecule has 2 heterocycles. The molecule has 0 atom stereocenters. The first-order chi connectivity index (χ1) is 9.31. The number of hydrogen-bond donors (Lipinski definition) is 1. The number of rotatable bonds is 3. The van der Waals surface area contributed by atoms with Crippen LogP contribution in [0.5, 0.6) is 0 Å². The third-order valence-corrected chi connectivity index (χ3v) is 3.67. The molecule has 0 amide bonds. The Bertz CT molecular complexity index is 501. The molecule has 1 aromatic carbocycles. The SMILES string of the molecule is Fc1ccc(N2CC[NH+](Cc3ccco3)CC2)cc1. The predicted molar refractivity (Wildman–Crippen MR) is 71.7 cm³/mol. The van der Waals surface area contributed by atoms with Crippen molar-refractivity contribution in [2.75, 3.05) is 31.1 Å². The van der Waals surface area contributed by atoms with Crippen molar-refractivity contribution in [3.63, 3.8) is 0 Å². The van der Waals surface area contributed by atoms with Crippen molar-refractivity contribution in [1.29, 1.82) is 0 Å². The fourth-order valence-electron chi connectivity index (χ4n) is 2.57. The second-order valence-electron chi connectivity index (χ2n) is 4.97. The number of nitrogens with one attached hydrogen (secondary N) is 1. The summed E-state index contributed by atoms with van der Waals surface area (Å²) in [7, 11) is 0. The molecule has 100 valence electrons. The molecule has 1 aliphatic rings. The number of halogens is 1. The lowest BCUT2D eigenvalue weighted by molar-refractivity contribution is -0.915.